The average molecular weight is 298 g/mol. The molecule has 0 saturated carbocycles. The molecule has 0 amide bonds. The summed E-state index contributed by atoms with van der Waals surface area (Å²) < 4.78 is 10.4. The van der Waals surface area contributed by atoms with Crippen molar-refractivity contribution >= 4 is 11.9 Å². The Kier molecular flexibility index (Phi) is 5.31. The van der Waals surface area contributed by atoms with Gasteiger partial charge in [-0.25, -0.2) is 0 Å². The molecule has 0 aliphatic carbocycles. The standard InChI is InChI=1S/C18H18O4/c1-13(19)21-12-16-9-6-10-18(22-14(2)20)17(16)11-15-7-4-3-5-8-15/h3-10H,11-12H2,1-2H3. The van der Waals surface area contributed by atoms with Crippen LogP contribution in [0.4, 0.5) is 0 Å². The van der Waals surface area contributed by atoms with Gasteiger partial charge in [0.2, 0.25) is 0 Å². The molecule has 2 aromatic rings. The number of ether oxygens (including phenoxy) is 2. The van der Waals surface area contributed by atoms with Gasteiger partial charge in [-0.1, -0.05) is 42.5 Å². The predicted molar refractivity (Wildman–Crippen MR) is 82.5 cm³/mol. The van der Waals surface area contributed by atoms with Crippen molar-refractivity contribution in [1.82, 2.24) is 0 Å². The van der Waals surface area contributed by atoms with Crippen molar-refractivity contribution in [2.75, 3.05) is 0 Å². The third-order valence-corrected chi connectivity index (χ3v) is 3.14. The fourth-order valence-electron chi connectivity index (χ4n) is 2.18. The Labute approximate surface area is 129 Å². The molecule has 0 aliphatic heterocycles. The highest BCUT2D eigenvalue weighted by Crippen LogP contribution is 2.26. The molecule has 0 atom stereocenters. The molecule has 0 radical (unpaired) electrons. The number of carbonyl (C=O) groups is 2. The number of hydrogen-bond acceptors (Lipinski definition) is 4. The summed E-state index contributed by atoms with van der Waals surface area (Å²) in [4.78, 5) is 22.3. The number of esters is 2. The molecule has 2 aromatic carbocycles. The van der Waals surface area contributed by atoms with Gasteiger partial charge in [-0.3, -0.25) is 9.59 Å². The molecule has 0 bridgehead atoms. The Morgan fingerprint density at radius 3 is 2.27 bits per heavy atom. The van der Waals surface area contributed by atoms with E-state index in [1.54, 1.807) is 12.1 Å². The lowest BCUT2D eigenvalue weighted by molar-refractivity contribution is -0.142. The minimum Gasteiger partial charge on any atom is -0.461 e. The Bertz CT molecular complexity index is 662. The van der Waals surface area contributed by atoms with Crippen molar-refractivity contribution < 1.29 is 19.1 Å². The zero-order valence-corrected chi connectivity index (χ0v) is 12.7. The molecule has 22 heavy (non-hydrogen) atoms. The number of rotatable bonds is 5. The van der Waals surface area contributed by atoms with Crippen LogP contribution >= 0.6 is 0 Å². The summed E-state index contributed by atoms with van der Waals surface area (Å²) in [7, 11) is 0. The first-order valence-corrected chi connectivity index (χ1v) is 7.02. The van der Waals surface area contributed by atoms with Gasteiger partial charge in [-0.15, -0.1) is 0 Å². The van der Waals surface area contributed by atoms with Gasteiger partial charge in [0.1, 0.15) is 12.4 Å². The van der Waals surface area contributed by atoms with Crippen molar-refractivity contribution in [3.63, 3.8) is 0 Å². The quantitative estimate of drug-likeness (QED) is 0.628. The van der Waals surface area contributed by atoms with E-state index in [0.29, 0.717) is 12.2 Å². The van der Waals surface area contributed by atoms with Crippen LogP contribution < -0.4 is 4.74 Å². The van der Waals surface area contributed by atoms with Crippen molar-refractivity contribution in [1.29, 1.82) is 0 Å². The van der Waals surface area contributed by atoms with Crippen LogP contribution in [-0.4, -0.2) is 11.9 Å². The third kappa shape index (κ3) is 4.45. The molecule has 4 heteroatoms. The maximum absolute atomic E-state index is 11.3. The van der Waals surface area contributed by atoms with Crippen LogP contribution in [0.5, 0.6) is 5.75 Å². The summed E-state index contributed by atoms with van der Waals surface area (Å²) in [6, 6.07) is 15.3. The van der Waals surface area contributed by atoms with E-state index in [0.717, 1.165) is 16.7 Å². The van der Waals surface area contributed by atoms with Crippen LogP contribution in [0.1, 0.15) is 30.5 Å². The molecule has 0 saturated heterocycles. The molecule has 114 valence electrons. The molecule has 4 nitrogen and oxygen atoms in total. The summed E-state index contributed by atoms with van der Waals surface area (Å²) in [6.07, 6.45) is 0.598. The van der Waals surface area contributed by atoms with Crippen molar-refractivity contribution in [2.24, 2.45) is 0 Å². The van der Waals surface area contributed by atoms with Gasteiger partial charge in [0.05, 0.1) is 0 Å². The normalized spacial score (nSPS) is 10.1. The van der Waals surface area contributed by atoms with Crippen LogP contribution in [0.25, 0.3) is 0 Å². The van der Waals surface area contributed by atoms with Crippen molar-refractivity contribution in [2.45, 2.75) is 26.9 Å². The minimum atomic E-state index is -0.376. The Hall–Kier alpha value is -2.62. The fraction of sp³-hybridized carbons (Fsp3) is 0.222. The molecule has 0 N–H and O–H groups in total. The van der Waals surface area contributed by atoms with Crippen molar-refractivity contribution in [3.8, 4) is 5.75 Å². The number of carbonyl (C=O) groups excluding carboxylic acids is 2. The maximum atomic E-state index is 11.3. The molecular formula is C18H18O4. The van der Waals surface area contributed by atoms with Crippen LogP contribution in [0.3, 0.4) is 0 Å². The summed E-state index contributed by atoms with van der Waals surface area (Å²) in [5.74, 6) is -0.219. The van der Waals surface area contributed by atoms with E-state index in [4.69, 9.17) is 9.47 Å². The highest BCUT2D eigenvalue weighted by atomic mass is 16.5. The van der Waals surface area contributed by atoms with E-state index in [2.05, 4.69) is 0 Å². The van der Waals surface area contributed by atoms with Crippen molar-refractivity contribution in [3.05, 3.63) is 65.2 Å². The summed E-state index contributed by atoms with van der Waals surface area (Å²) in [5.41, 5.74) is 2.77. The maximum Gasteiger partial charge on any atom is 0.308 e. The summed E-state index contributed by atoms with van der Waals surface area (Å²) in [5, 5.41) is 0. The first-order valence-electron chi connectivity index (χ1n) is 7.02. The SMILES string of the molecule is CC(=O)OCc1cccc(OC(C)=O)c1Cc1ccccc1. The first kappa shape index (κ1) is 15.8. The monoisotopic (exact) mass is 298 g/mol. The van der Waals surface area contributed by atoms with E-state index in [1.807, 2.05) is 36.4 Å². The second kappa shape index (κ2) is 7.41. The van der Waals surface area contributed by atoms with Gasteiger partial charge < -0.3 is 9.47 Å². The smallest absolute Gasteiger partial charge is 0.308 e. The summed E-state index contributed by atoms with van der Waals surface area (Å²) in [6.45, 7) is 2.89. The molecular weight excluding hydrogens is 280 g/mol. The molecule has 0 heterocycles. The van der Waals surface area contributed by atoms with E-state index >= 15 is 0 Å². The van der Waals surface area contributed by atoms with Gasteiger partial charge in [-0.2, -0.15) is 0 Å². The topological polar surface area (TPSA) is 52.6 Å². The molecule has 0 aliphatic rings. The number of benzene rings is 2. The second-order valence-corrected chi connectivity index (χ2v) is 4.93. The number of hydrogen-bond donors (Lipinski definition) is 0. The fourth-order valence-corrected chi connectivity index (χ4v) is 2.18. The van der Waals surface area contributed by atoms with Gasteiger partial charge in [0.25, 0.3) is 0 Å². The van der Waals surface area contributed by atoms with E-state index in [1.165, 1.54) is 13.8 Å². The Morgan fingerprint density at radius 2 is 1.64 bits per heavy atom. The van der Waals surface area contributed by atoms with Gasteiger partial charge >= 0.3 is 11.9 Å². The lowest BCUT2D eigenvalue weighted by Gasteiger charge is -2.14. The lowest BCUT2D eigenvalue weighted by Crippen LogP contribution is -2.08. The zero-order valence-electron chi connectivity index (χ0n) is 12.7. The molecule has 0 unspecified atom stereocenters. The van der Waals surface area contributed by atoms with Crippen LogP contribution in [0.15, 0.2) is 48.5 Å². The van der Waals surface area contributed by atoms with E-state index in [9.17, 15) is 9.59 Å². The predicted octanol–water partition coefficient (Wildman–Crippen LogP) is 3.27. The molecule has 0 fully saturated rings. The largest absolute Gasteiger partial charge is 0.461 e. The first-order chi connectivity index (χ1) is 10.6. The van der Waals surface area contributed by atoms with Gasteiger partial charge in [0, 0.05) is 25.8 Å². The summed E-state index contributed by atoms with van der Waals surface area (Å²) >= 11 is 0. The van der Waals surface area contributed by atoms with Crippen LogP contribution in [-0.2, 0) is 27.4 Å². The van der Waals surface area contributed by atoms with E-state index in [-0.39, 0.29) is 18.5 Å². The molecule has 0 aromatic heterocycles. The van der Waals surface area contributed by atoms with Crippen LogP contribution in [0.2, 0.25) is 0 Å². The highest BCUT2D eigenvalue weighted by molar-refractivity contribution is 5.70. The Morgan fingerprint density at radius 1 is 0.909 bits per heavy atom. The van der Waals surface area contributed by atoms with Gasteiger partial charge in [-0.05, 0) is 17.2 Å². The van der Waals surface area contributed by atoms with Gasteiger partial charge in [0.15, 0.2) is 0 Å². The molecule has 0 spiro atoms. The lowest BCUT2D eigenvalue weighted by atomic mass is 9.99. The minimum absolute atomic E-state index is 0.159. The third-order valence-electron chi connectivity index (χ3n) is 3.14. The highest BCUT2D eigenvalue weighted by Gasteiger charge is 2.13. The zero-order chi connectivity index (χ0) is 15.9. The Balaban J connectivity index is 2.35. The second-order valence-electron chi connectivity index (χ2n) is 4.93. The molecule has 2 rings (SSSR count). The van der Waals surface area contributed by atoms with Crippen LogP contribution in [0, 0.1) is 0 Å². The average Bonchev–Trinajstić information content (AvgIpc) is 2.48. The van der Waals surface area contributed by atoms with E-state index < -0.39 is 0 Å².